The Morgan fingerprint density at radius 1 is 0.426 bits per heavy atom. The van der Waals surface area contributed by atoms with Gasteiger partial charge in [-0.15, -0.1) is 9.35 Å². The van der Waals surface area contributed by atoms with Gasteiger partial charge >= 0.3 is 98.1 Å². The summed E-state index contributed by atoms with van der Waals surface area (Å²) in [5, 5.41) is -16.1. The number of sulfonamides is 2. The highest BCUT2D eigenvalue weighted by molar-refractivity contribution is 7.87. The van der Waals surface area contributed by atoms with Crippen molar-refractivity contribution in [1.29, 1.82) is 0 Å². The number of hydrogen-bond donors (Lipinski definition) is 1. The van der Waals surface area contributed by atoms with Crippen LogP contribution in [0.3, 0.4) is 0 Å². The molecule has 0 aromatic heterocycles. The first kappa shape index (κ1) is 58.9. The summed E-state index contributed by atoms with van der Waals surface area (Å²) < 4.78 is 430. The van der Waals surface area contributed by atoms with Crippen LogP contribution in [0.15, 0.2) is 0 Å². The maximum absolute atomic E-state index is 14.7. The molecule has 3 atom stereocenters. The van der Waals surface area contributed by atoms with E-state index in [1.807, 2.05) is 0 Å². The molecule has 0 amide bonds. The molecule has 0 heterocycles. The van der Waals surface area contributed by atoms with Crippen LogP contribution < -0.4 is 0 Å². The predicted molar refractivity (Wildman–Crippen MR) is 128 cm³/mol. The van der Waals surface area contributed by atoms with Gasteiger partial charge in [0.25, 0.3) is 0 Å². The average Bonchev–Trinajstić information content (AvgIpc) is 3.02. The van der Waals surface area contributed by atoms with E-state index >= 15 is 0 Å². The fourth-order valence-electron chi connectivity index (χ4n) is 3.17. The average molecular weight is 1050 g/mol. The first-order valence-electron chi connectivity index (χ1n) is 13.4. The minimum atomic E-state index is -9.29. The van der Waals surface area contributed by atoms with Gasteiger partial charge < -0.3 is 0 Å². The van der Waals surface area contributed by atoms with E-state index in [2.05, 4.69) is 19.1 Å². The van der Waals surface area contributed by atoms with E-state index in [1.165, 1.54) is 0 Å². The van der Waals surface area contributed by atoms with Crippen LogP contribution in [0.25, 0.3) is 0 Å². The maximum atomic E-state index is 14.7. The summed E-state index contributed by atoms with van der Waals surface area (Å²) in [5.74, 6) is -70.1. The van der Waals surface area contributed by atoms with Gasteiger partial charge in [0.05, 0.1) is 0 Å². The van der Waals surface area contributed by atoms with Gasteiger partial charge in [-0.05, 0) is 8.22 Å². The Hall–Kier alpha value is -2.11. The molecule has 0 radical (unpaired) electrons. The summed E-state index contributed by atoms with van der Waals surface area (Å²) in [6, 6.07) is 0. The predicted octanol–water partition coefficient (Wildman–Crippen LogP) is 7.70. The second-order valence-corrected chi connectivity index (χ2v) is 16.9. The fourth-order valence-corrected chi connectivity index (χ4v) is 6.10. The number of hydrogen-bond acceptors (Lipinski definition) is 9. The molecule has 0 saturated carbocycles. The Bertz CT molecular complexity index is 1850. The number of rotatable bonds is 22. The SMILES string of the molecule is C[N+](F)(CCOOP(=O)(O)OOCC[N+](C)(F)S(=O)(=O)C(F)(F)C(F)(F)C(F)(F)C(F)(F)C(F)(F)C(F)(F)C(F)(F)C(F)(F)F)S(=O)(=O)C(F)(F)C(F)(F)C(F)(F)C(F)(F)F. The van der Waals surface area contributed by atoms with Crippen LogP contribution in [0.4, 0.5) is 123 Å². The molecule has 0 fully saturated rings. The Morgan fingerprint density at radius 2 is 0.623 bits per heavy atom. The van der Waals surface area contributed by atoms with Gasteiger partial charge in [0.2, 0.25) is 0 Å². The van der Waals surface area contributed by atoms with Crippen molar-refractivity contribution in [2.24, 2.45) is 0 Å². The van der Waals surface area contributed by atoms with Gasteiger partial charge in [-0.25, -0.2) is 14.3 Å². The Kier molecular flexibility index (Phi) is 15.5. The molecule has 368 valence electrons. The third kappa shape index (κ3) is 8.98. The van der Waals surface area contributed by atoms with E-state index in [9.17, 15) is 145 Å². The number of halogens is 28. The zero-order valence-electron chi connectivity index (χ0n) is 27.7. The molecule has 0 bridgehead atoms. The van der Waals surface area contributed by atoms with Crippen LogP contribution in [-0.2, 0) is 43.7 Å². The molecule has 0 saturated heterocycles. The van der Waals surface area contributed by atoms with E-state index in [1.54, 1.807) is 0 Å². The molecule has 0 aliphatic carbocycles. The minimum Gasteiger partial charge on any atom is -0.299 e. The fraction of sp³-hybridized carbons (Fsp3) is 1.00. The molecule has 0 spiro atoms. The number of quaternary nitrogens is 2. The summed E-state index contributed by atoms with van der Waals surface area (Å²) in [6.07, 6.45) is -15.7. The highest BCUT2D eigenvalue weighted by Gasteiger charge is 2.97. The van der Waals surface area contributed by atoms with Gasteiger partial charge in [0.1, 0.15) is 27.3 Å². The van der Waals surface area contributed by atoms with E-state index in [0.29, 0.717) is 0 Å². The molecular formula is C18H15F28N2O10PS2+2. The van der Waals surface area contributed by atoms with E-state index in [0.717, 1.165) is 0 Å². The topological polar surface area (TPSA) is 142 Å². The lowest BCUT2D eigenvalue weighted by atomic mass is 9.91. The van der Waals surface area contributed by atoms with Crippen LogP contribution in [0.1, 0.15) is 0 Å². The summed E-state index contributed by atoms with van der Waals surface area (Å²) >= 11 is 0. The first-order chi connectivity index (χ1) is 25.9. The number of likely N-dealkylation sites (N-methyl/N-ethyl adjacent to an activating group) is 2. The number of nitrogens with zero attached hydrogens (tertiary/aromatic N) is 2. The number of phosphoric acid groups is 1. The van der Waals surface area contributed by atoms with Crippen LogP contribution in [0.5, 0.6) is 0 Å². The van der Waals surface area contributed by atoms with Crippen molar-refractivity contribution in [3.05, 3.63) is 0 Å². The Labute approximate surface area is 316 Å². The highest BCUT2D eigenvalue weighted by atomic mass is 32.2. The van der Waals surface area contributed by atoms with Gasteiger partial charge in [-0.1, -0.05) is 0 Å². The third-order valence-electron chi connectivity index (χ3n) is 6.90. The molecule has 0 aromatic carbocycles. The third-order valence-corrected chi connectivity index (χ3v) is 11.7. The summed E-state index contributed by atoms with van der Waals surface area (Å²) in [6.45, 7) is -10.0. The standard InChI is InChI=1S/C18H14F28N2O10PS2/c1-47(45,60(51,52)17(41,42)13(31,32)10(25,26)8(21,22)7(19,20)9(23,24)11(27,28)15(35,36)37)3-5-55-57-59(49,50)58-56-6-4-48(2,46)61(53,54)18(43,44)14(33,34)12(29,30)16(38,39)40/h3-6H2,1-2H3/q+1/p+1. The van der Waals surface area contributed by atoms with Crippen molar-refractivity contribution in [2.75, 3.05) is 40.4 Å². The van der Waals surface area contributed by atoms with Crippen LogP contribution in [0.2, 0.25) is 0 Å². The molecule has 0 aliphatic rings. The molecule has 61 heavy (non-hydrogen) atoms. The highest BCUT2D eigenvalue weighted by Crippen LogP contribution is 2.65. The molecule has 12 nitrogen and oxygen atoms in total. The summed E-state index contributed by atoms with van der Waals surface area (Å²) in [4.78, 5) is 16.0. The molecular weight excluding hydrogens is 1030 g/mol. The lowest BCUT2D eigenvalue weighted by Gasteiger charge is -2.42. The van der Waals surface area contributed by atoms with Crippen molar-refractivity contribution in [2.45, 2.75) is 70.2 Å². The second-order valence-electron chi connectivity index (χ2n) is 11.3. The maximum Gasteiger partial charge on any atom is 0.526 e. The quantitative estimate of drug-likeness (QED) is 0.0287. The zero-order chi connectivity index (χ0) is 50.2. The van der Waals surface area contributed by atoms with Crippen LogP contribution in [0, 0.1) is 0 Å². The molecule has 1 N–H and O–H groups in total. The minimum absolute atomic E-state index is 0.799. The summed E-state index contributed by atoms with van der Waals surface area (Å²) in [5.41, 5.74) is 0. The van der Waals surface area contributed by atoms with E-state index in [-0.39, 0.29) is 0 Å². The second kappa shape index (κ2) is 16.1. The van der Waals surface area contributed by atoms with Crippen molar-refractivity contribution in [1.82, 2.24) is 0 Å². The van der Waals surface area contributed by atoms with Gasteiger partial charge in [0.15, 0.2) is 13.1 Å². The zero-order valence-corrected chi connectivity index (χ0v) is 30.2. The van der Waals surface area contributed by atoms with Crippen LogP contribution in [-0.4, -0.2) is 141 Å². The van der Waals surface area contributed by atoms with Gasteiger partial charge in [-0.3, -0.25) is 4.89 Å². The van der Waals surface area contributed by atoms with Crippen molar-refractivity contribution < 1.29 is 177 Å². The molecule has 0 aromatic rings. The summed E-state index contributed by atoms with van der Waals surface area (Å²) in [7, 11) is -24.8. The van der Waals surface area contributed by atoms with Crippen molar-refractivity contribution in [3.63, 3.8) is 0 Å². The first-order valence-corrected chi connectivity index (χ1v) is 17.8. The molecule has 43 heteroatoms. The van der Waals surface area contributed by atoms with Crippen molar-refractivity contribution in [3.8, 4) is 0 Å². The molecule has 0 rings (SSSR count). The lowest BCUT2D eigenvalue weighted by Crippen LogP contribution is -2.75. The number of alkyl halides is 26. The Morgan fingerprint density at radius 3 is 0.869 bits per heavy atom. The molecule has 3 unspecified atom stereocenters. The van der Waals surface area contributed by atoms with Gasteiger partial charge in [0, 0.05) is 8.96 Å². The lowest BCUT2D eigenvalue weighted by molar-refractivity contribution is -0.935. The normalized spacial score (nSPS) is 19.0. The largest absolute Gasteiger partial charge is 0.526 e. The molecule has 0 aliphatic heterocycles. The smallest absolute Gasteiger partial charge is 0.299 e. The van der Waals surface area contributed by atoms with E-state index in [4.69, 9.17) is 4.89 Å². The monoisotopic (exact) mass is 1050 g/mol. The van der Waals surface area contributed by atoms with Crippen LogP contribution >= 0.6 is 7.82 Å². The van der Waals surface area contributed by atoms with Gasteiger partial charge in [-0.2, -0.15) is 131 Å². The van der Waals surface area contributed by atoms with E-state index < -0.39 is 147 Å². The Balaban J connectivity index is 6.06. The van der Waals surface area contributed by atoms with Crippen molar-refractivity contribution >= 4 is 27.9 Å².